The van der Waals surface area contributed by atoms with E-state index in [1.54, 1.807) is 18.5 Å². The minimum atomic E-state index is -0.601. The first-order valence-electron chi connectivity index (χ1n) is 5.14. The zero-order chi connectivity index (χ0) is 13.1. The summed E-state index contributed by atoms with van der Waals surface area (Å²) >= 11 is 9.10. The number of halogens is 3. The highest BCUT2D eigenvalue weighted by Crippen LogP contribution is 2.21. The predicted octanol–water partition coefficient (Wildman–Crippen LogP) is 4.06. The molecule has 0 saturated carbocycles. The number of hydrogen-bond acceptors (Lipinski definition) is 2. The molecular formula is C13H8BrClFNO. The first-order valence-corrected chi connectivity index (χ1v) is 6.31. The maximum atomic E-state index is 13.6. The van der Waals surface area contributed by atoms with Gasteiger partial charge in [-0.25, -0.2) is 4.39 Å². The van der Waals surface area contributed by atoms with Gasteiger partial charge in [-0.1, -0.05) is 17.7 Å². The summed E-state index contributed by atoms with van der Waals surface area (Å²) in [4.78, 5) is 15.9. The molecule has 0 aliphatic heterocycles. The number of pyridine rings is 1. The van der Waals surface area contributed by atoms with Crippen LogP contribution in [0.4, 0.5) is 4.39 Å². The molecule has 0 unspecified atom stereocenters. The molecule has 0 saturated heterocycles. The first-order chi connectivity index (χ1) is 8.58. The lowest BCUT2D eigenvalue weighted by Gasteiger charge is -2.05. The maximum absolute atomic E-state index is 13.6. The summed E-state index contributed by atoms with van der Waals surface area (Å²) < 4.78 is 14.3. The van der Waals surface area contributed by atoms with Crippen LogP contribution in [0.25, 0.3) is 0 Å². The molecule has 1 aromatic heterocycles. The van der Waals surface area contributed by atoms with Crippen molar-refractivity contribution in [1.29, 1.82) is 0 Å². The molecule has 92 valence electrons. The summed E-state index contributed by atoms with van der Waals surface area (Å²) in [6.07, 6.45) is 3.24. The van der Waals surface area contributed by atoms with E-state index in [1.807, 2.05) is 0 Å². The number of benzene rings is 1. The van der Waals surface area contributed by atoms with Crippen LogP contribution >= 0.6 is 27.5 Å². The minimum Gasteiger partial charge on any atom is -0.294 e. The number of Topliss-reactive ketones (excluding diaryl/α,β-unsaturated/α-hetero) is 1. The Hall–Kier alpha value is -1.26. The van der Waals surface area contributed by atoms with Gasteiger partial charge in [0.15, 0.2) is 5.78 Å². The summed E-state index contributed by atoms with van der Waals surface area (Å²) in [5, 5.41) is 0.128. The Balaban J connectivity index is 2.28. The monoisotopic (exact) mass is 327 g/mol. The normalized spacial score (nSPS) is 10.4. The first kappa shape index (κ1) is 13.2. The molecule has 5 heteroatoms. The van der Waals surface area contributed by atoms with Gasteiger partial charge in [0, 0.05) is 23.3 Å². The smallest absolute Gasteiger partial charge is 0.171 e. The predicted molar refractivity (Wildman–Crippen MR) is 71.4 cm³/mol. The van der Waals surface area contributed by atoms with E-state index in [2.05, 4.69) is 20.9 Å². The average Bonchev–Trinajstić information content (AvgIpc) is 2.28. The molecule has 0 radical (unpaired) electrons. The van der Waals surface area contributed by atoms with Crippen molar-refractivity contribution in [3.8, 4) is 0 Å². The van der Waals surface area contributed by atoms with Crippen molar-refractivity contribution >= 4 is 33.3 Å². The number of ketones is 1. The highest BCUT2D eigenvalue weighted by atomic mass is 79.9. The van der Waals surface area contributed by atoms with E-state index in [1.165, 1.54) is 18.2 Å². The third kappa shape index (κ3) is 2.94. The number of carbonyl (C=O) groups excluding carboxylic acids is 1. The van der Waals surface area contributed by atoms with Crippen LogP contribution in [-0.4, -0.2) is 10.8 Å². The second-order valence-corrected chi connectivity index (χ2v) is 5.03. The summed E-state index contributed by atoms with van der Waals surface area (Å²) in [6.45, 7) is 0. The fourth-order valence-corrected chi connectivity index (χ4v) is 2.27. The fourth-order valence-electron chi connectivity index (χ4n) is 1.59. The summed E-state index contributed by atoms with van der Waals surface area (Å²) in [5.41, 5.74) is 0.632. The Bertz CT molecular complexity index is 583. The molecule has 0 bridgehead atoms. The molecule has 0 aliphatic rings. The van der Waals surface area contributed by atoms with Gasteiger partial charge in [0.05, 0.1) is 10.6 Å². The summed E-state index contributed by atoms with van der Waals surface area (Å²) in [5.74, 6) is -0.964. The van der Waals surface area contributed by atoms with Crippen molar-refractivity contribution in [3.63, 3.8) is 0 Å². The second kappa shape index (κ2) is 5.59. The molecular weight excluding hydrogens is 321 g/mol. The Morgan fingerprint density at radius 2 is 2.17 bits per heavy atom. The van der Waals surface area contributed by atoms with Crippen LogP contribution in [0.2, 0.25) is 5.02 Å². The van der Waals surface area contributed by atoms with Gasteiger partial charge in [-0.15, -0.1) is 0 Å². The molecule has 0 aliphatic carbocycles. The molecule has 1 heterocycles. The van der Waals surface area contributed by atoms with Crippen molar-refractivity contribution in [1.82, 2.24) is 4.98 Å². The Labute approximate surface area is 117 Å². The number of hydrogen-bond donors (Lipinski definition) is 0. The fraction of sp³-hybridized carbons (Fsp3) is 0.0769. The van der Waals surface area contributed by atoms with Crippen LogP contribution in [0.5, 0.6) is 0 Å². The van der Waals surface area contributed by atoms with Crippen LogP contribution < -0.4 is 0 Å². The van der Waals surface area contributed by atoms with Gasteiger partial charge in [-0.05, 0) is 39.7 Å². The van der Waals surface area contributed by atoms with Gasteiger partial charge in [0.25, 0.3) is 0 Å². The topological polar surface area (TPSA) is 30.0 Å². The summed E-state index contributed by atoms with van der Waals surface area (Å²) in [6, 6.07) is 5.95. The highest BCUT2D eigenvalue weighted by Gasteiger charge is 2.16. The molecule has 2 rings (SSSR count). The van der Waals surface area contributed by atoms with E-state index in [-0.39, 0.29) is 22.8 Å². The van der Waals surface area contributed by atoms with Crippen LogP contribution in [0.1, 0.15) is 15.9 Å². The van der Waals surface area contributed by atoms with Crippen molar-refractivity contribution in [2.45, 2.75) is 6.42 Å². The largest absolute Gasteiger partial charge is 0.294 e. The van der Waals surface area contributed by atoms with Gasteiger partial charge in [0.1, 0.15) is 5.82 Å². The molecule has 0 atom stereocenters. The van der Waals surface area contributed by atoms with Gasteiger partial charge < -0.3 is 0 Å². The van der Waals surface area contributed by atoms with Crippen LogP contribution in [0.3, 0.4) is 0 Å². The molecule has 18 heavy (non-hydrogen) atoms. The highest BCUT2D eigenvalue weighted by molar-refractivity contribution is 9.10. The van der Waals surface area contributed by atoms with E-state index < -0.39 is 5.82 Å². The lowest BCUT2D eigenvalue weighted by atomic mass is 10.0. The molecule has 0 fully saturated rings. The van der Waals surface area contributed by atoms with Crippen molar-refractivity contribution in [3.05, 3.63) is 63.1 Å². The average molecular weight is 329 g/mol. The zero-order valence-electron chi connectivity index (χ0n) is 9.16. The van der Waals surface area contributed by atoms with Crippen molar-refractivity contribution in [2.24, 2.45) is 0 Å². The van der Waals surface area contributed by atoms with Crippen molar-refractivity contribution < 1.29 is 9.18 Å². The Morgan fingerprint density at radius 1 is 1.39 bits per heavy atom. The van der Waals surface area contributed by atoms with Gasteiger partial charge in [-0.2, -0.15) is 0 Å². The Kier molecular flexibility index (Phi) is 4.09. The molecule has 1 aromatic carbocycles. The third-order valence-electron chi connectivity index (χ3n) is 2.37. The molecule has 2 aromatic rings. The van der Waals surface area contributed by atoms with E-state index in [9.17, 15) is 9.18 Å². The quantitative estimate of drug-likeness (QED) is 0.795. The van der Waals surface area contributed by atoms with E-state index in [0.717, 1.165) is 4.47 Å². The van der Waals surface area contributed by atoms with Gasteiger partial charge in [0.2, 0.25) is 0 Å². The Morgan fingerprint density at radius 3 is 2.83 bits per heavy atom. The lowest BCUT2D eigenvalue weighted by molar-refractivity contribution is 0.0989. The molecule has 2 nitrogen and oxygen atoms in total. The minimum absolute atomic E-state index is 0.0626. The van der Waals surface area contributed by atoms with E-state index in [0.29, 0.717) is 5.56 Å². The molecule has 0 N–H and O–H groups in total. The van der Waals surface area contributed by atoms with Crippen LogP contribution in [0.15, 0.2) is 41.1 Å². The number of rotatable bonds is 3. The summed E-state index contributed by atoms with van der Waals surface area (Å²) in [7, 11) is 0. The number of carbonyl (C=O) groups is 1. The standard InChI is InChI=1S/C13H8BrClFNO/c14-9-4-8(6-17-7-9)5-12(18)13-10(15)2-1-3-11(13)16/h1-4,6-7H,5H2. The van der Waals surface area contributed by atoms with Gasteiger partial charge in [-0.3, -0.25) is 9.78 Å². The van der Waals surface area contributed by atoms with E-state index in [4.69, 9.17) is 11.6 Å². The third-order valence-corrected chi connectivity index (χ3v) is 3.12. The zero-order valence-corrected chi connectivity index (χ0v) is 11.5. The second-order valence-electron chi connectivity index (χ2n) is 3.71. The van der Waals surface area contributed by atoms with Crippen LogP contribution in [-0.2, 0) is 6.42 Å². The SMILES string of the molecule is O=C(Cc1cncc(Br)c1)c1c(F)cccc1Cl. The molecule has 0 amide bonds. The molecule has 0 spiro atoms. The van der Waals surface area contributed by atoms with E-state index >= 15 is 0 Å². The van der Waals surface area contributed by atoms with Gasteiger partial charge >= 0.3 is 0 Å². The van der Waals surface area contributed by atoms with Crippen LogP contribution in [0, 0.1) is 5.82 Å². The number of nitrogens with zero attached hydrogens (tertiary/aromatic N) is 1. The maximum Gasteiger partial charge on any atom is 0.171 e. The number of aromatic nitrogens is 1. The van der Waals surface area contributed by atoms with Crippen molar-refractivity contribution in [2.75, 3.05) is 0 Å². The lowest BCUT2D eigenvalue weighted by Crippen LogP contribution is -2.07.